The van der Waals surface area contributed by atoms with Crippen molar-refractivity contribution in [1.82, 2.24) is 10.2 Å². The molecule has 2 unspecified atom stereocenters. The van der Waals surface area contributed by atoms with E-state index in [1.54, 1.807) is 0 Å². The van der Waals surface area contributed by atoms with Gasteiger partial charge in [0.15, 0.2) is 0 Å². The fourth-order valence-electron chi connectivity index (χ4n) is 3.89. The van der Waals surface area contributed by atoms with Crippen LogP contribution in [0.4, 0.5) is 0 Å². The maximum Gasteiger partial charge on any atom is 0.320 e. The van der Waals surface area contributed by atoms with Gasteiger partial charge in [0.1, 0.15) is 11.8 Å². The molecule has 2 N–H and O–H groups in total. The summed E-state index contributed by atoms with van der Waals surface area (Å²) >= 11 is 0. The average molecular weight is 330 g/mol. The van der Waals surface area contributed by atoms with Crippen LogP contribution in [0.1, 0.15) is 36.8 Å². The van der Waals surface area contributed by atoms with Crippen LogP contribution in [0, 0.1) is 0 Å². The number of fused-ring (bicyclic) bond motifs is 1. The van der Waals surface area contributed by atoms with E-state index < -0.39 is 12.0 Å². The molecule has 0 radical (unpaired) electrons. The highest BCUT2D eigenvalue weighted by atomic mass is 16.5. The van der Waals surface area contributed by atoms with Crippen LogP contribution in [-0.2, 0) is 22.6 Å². The molecule has 2 heterocycles. The van der Waals surface area contributed by atoms with Crippen LogP contribution in [0.15, 0.2) is 18.2 Å². The first-order valence-corrected chi connectivity index (χ1v) is 8.66. The van der Waals surface area contributed by atoms with Crippen molar-refractivity contribution < 1.29 is 19.4 Å². The molecular weight excluding hydrogens is 308 g/mol. The molecule has 2 atom stereocenters. The van der Waals surface area contributed by atoms with Crippen molar-refractivity contribution >= 4 is 11.9 Å². The van der Waals surface area contributed by atoms with E-state index in [-0.39, 0.29) is 18.0 Å². The lowest BCUT2D eigenvalue weighted by Crippen LogP contribution is -2.49. The second kappa shape index (κ2) is 6.09. The first kappa shape index (κ1) is 15.4. The zero-order valence-corrected chi connectivity index (χ0v) is 13.5. The van der Waals surface area contributed by atoms with Gasteiger partial charge in [-0.2, -0.15) is 0 Å². The number of carboxylic acid groups (broad SMARTS) is 1. The topological polar surface area (TPSA) is 78.9 Å². The van der Waals surface area contributed by atoms with Crippen LogP contribution >= 0.6 is 0 Å². The molecule has 24 heavy (non-hydrogen) atoms. The largest absolute Gasteiger partial charge is 0.493 e. The zero-order chi connectivity index (χ0) is 16.7. The van der Waals surface area contributed by atoms with Gasteiger partial charge in [0, 0.05) is 19.0 Å². The van der Waals surface area contributed by atoms with Crippen molar-refractivity contribution in [1.29, 1.82) is 0 Å². The molecule has 3 aliphatic rings. The predicted molar refractivity (Wildman–Crippen MR) is 86.8 cm³/mol. The highest BCUT2D eigenvalue weighted by Crippen LogP contribution is 2.37. The van der Waals surface area contributed by atoms with Gasteiger partial charge in [-0.15, -0.1) is 0 Å². The number of nitrogens with zero attached hydrogens (tertiary/aromatic N) is 1. The lowest BCUT2D eigenvalue weighted by Gasteiger charge is -2.27. The molecule has 1 amide bonds. The predicted octanol–water partition coefficient (Wildman–Crippen LogP) is 1.32. The van der Waals surface area contributed by atoms with E-state index in [1.165, 1.54) is 5.56 Å². The fourth-order valence-corrected chi connectivity index (χ4v) is 3.89. The van der Waals surface area contributed by atoms with Crippen LogP contribution in [0.2, 0.25) is 0 Å². The Morgan fingerprint density at radius 2 is 2.00 bits per heavy atom. The molecule has 2 aliphatic heterocycles. The Labute approximate surface area is 140 Å². The van der Waals surface area contributed by atoms with Crippen LogP contribution in [0.25, 0.3) is 0 Å². The summed E-state index contributed by atoms with van der Waals surface area (Å²) < 4.78 is 5.49. The second-order valence-electron chi connectivity index (χ2n) is 6.88. The number of likely N-dealkylation sites (tertiary alicyclic amines) is 1. The third-order valence-electron chi connectivity index (χ3n) is 5.21. The fraction of sp³-hybridized carbons (Fsp3) is 0.556. The van der Waals surface area contributed by atoms with Crippen molar-refractivity contribution in [3.05, 3.63) is 29.3 Å². The Hall–Kier alpha value is -2.08. The van der Waals surface area contributed by atoms with Gasteiger partial charge in [-0.3, -0.25) is 14.5 Å². The highest BCUT2D eigenvalue weighted by Gasteiger charge is 2.48. The van der Waals surface area contributed by atoms with E-state index in [0.717, 1.165) is 37.2 Å². The number of amides is 1. The molecular formula is C18H22N2O4. The maximum atomic E-state index is 12.6. The number of aliphatic carboxylic acids is 1. The molecule has 6 nitrogen and oxygen atoms in total. The van der Waals surface area contributed by atoms with Crippen molar-refractivity contribution in [3.63, 3.8) is 0 Å². The molecule has 0 bridgehead atoms. The SMILES string of the molecule is O=C(O)C1CCC(C(=O)NCc2ccc3c(c2)CCO3)N1C1CC1. The van der Waals surface area contributed by atoms with E-state index in [1.807, 2.05) is 17.0 Å². The summed E-state index contributed by atoms with van der Waals surface area (Å²) in [5.41, 5.74) is 2.24. The molecule has 1 aromatic rings. The van der Waals surface area contributed by atoms with Gasteiger partial charge in [0.2, 0.25) is 5.91 Å². The van der Waals surface area contributed by atoms with Crippen molar-refractivity contribution in [3.8, 4) is 5.75 Å². The minimum Gasteiger partial charge on any atom is -0.493 e. The molecule has 1 saturated carbocycles. The first-order valence-electron chi connectivity index (χ1n) is 8.66. The molecule has 0 spiro atoms. The number of rotatable bonds is 5. The second-order valence-corrected chi connectivity index (χ2v) is 6.88. The molecule has 128 valence electrons. The van der Waals surface area contributed by atoms with E-state index >= 15 is 0 Å². The van der Waals surface area contributed by atoms with Gasteiger partial charge in [0.25, 0.3) is 0 Å². The lowest BCUT2D eigenvalue weighted by molar-refractivity contribution is -0.143. The lowest BCUT2D eigenvalue weighted by atomic mass is 10.1. The van der Waals surface area contributed by atoms with E-state index in [0.29, 0.717) is 19.4 Å². The van der Waals surface area contributed by atoms with Gasteiger partial charge >= 0.3 is 5.97 Å². The third kappa shape index (κ3) is 2.86. The standard InChI is InChI=1S/C18H22N2O4/c21-17(14-4-5-15(18(22)23)20(14)13-2-3-13)19-10-11-1-6-16-12(9-11)7-8-24-16/h1,6,9,13-15H,2-5,7-8,10H2,(H,19,21)(H,22,23). The highest BCUT2D eigenvalue weighted by molar-refractivity contribution is 5.84. The number of hydrogen-bond donors (Lipinski definition) is 2. The monoisotopic (exact) mass is 330 g/mol. The zero-order valence-electron chi connectivity index (χ0n) is 13.5. The summed E-state index contributed by atoms with van der Waals surface area (Å²) in [5, 5.41) is 12.4. The van der Waals surface area contributed by atoms with E-state index in [4.69, 9.17) is 4.74 Å². The minimum atomic E-state index is -0.809. The number of carbonyl (C=O) groups is 2. The maximum absolute atomic E-state index is 12.6. The van der Waals surface area contributed by atoms with Crippen LogP contribution in [-0.4, -0.2) is 46.6 Å². The van der Waals surface area contributed by atoms with Crippen LogP contribution in [0.3, 0.4) is 0 Å². The van der Waals surface area contributed by atoms with E-state index in [2.05, 4.69) is 11.4 Å². The number of nitrogens with one attached hydrogen (secondary N) is 1. The third-order valence-corrected chi connectivity index (χ3v) is 5.21. The quantitative estimate of drug-likeness (QED) is 0.851. The summed E-state index contributed by atoms with van der Waals surface area (Å²) in [6.07, 6.45) is 4.09. The van der Waals surface area contributed by atoms with Gasteiger partial charge in [0.05, 0.1) is 12.6 Å². The Morgan fingerprint density at radius 3 is 2.75 bits per heavy atom. The summed E-state index contributed by atoms with van der Waals surface area (Å²) in [5.74, 6) is 0.0725. The molecule has 1 aliphatic carbocycles. The Bertz CT molecular complexity index is 671. The summed E-state index contributed by atoms with van der Waals surface area (Å²) in [6, 6.07) is 5.45. The van der Waals surface area contributed by atoms with Gasteiger partial charge in [-0.05, 0) is 42.9 Å². The van der Waals surface area contributed by atoms with Gasteiger partial charge in [-0.1, -0.05) is 12.1 Å². The Kier molecular flexibility index (Phi) is 3.92. The van der Waals surface area contributed by atoms with Crippen LogP contribution < -0.4 is 10.1 Å². The van der Waals surface area contributed by atoms with Gasteiger partial charge in [-0.25, -0.2) is 0 Å². The molecule has 1 aromatic carbocycles. The molecule has 2 fully saturated rings. The van der Waals surface area contributed by atoms with Crippen molar-refractivity contribution in [2.45, 2.75) is 56.8 Å². The number of carbonyl (C=O) groups excluding carboxylic acids is 1. The van der Waals surface area contributed by atoms with E-state index in [9.17, 15) is 14.7 Å². The van der Waals surface area contributed by atoms with Crippen LogP contribution in [0.5, 0.6) is 5.75 Å². The van der Waals surface area contributed by atoms with Crippen molar-refractivity contribution in [2.24, 2.45) is 0 Å². The van der Waals surface area contributed by atoms with Crippen molar-refractivity contribution in [2.75, 3.05) is 6.61 Å². The first-order chi connectivity index (χ1) is 11.6. The number of benzene rings is 1. The average Bonchev–Trinajstić information content (AvgIpc) is 3.13. The molecule has 1 saturated heterocycles. The smallest absolute Gasteiger partial charge is 0.320 e. The Balaban J connectivity index is 1.40. The number of carboxylic acids is 1. The Morgan fingerprint density at radius 1 is 1.21 bits per heavy atom. The molecule has 4 rings (SSSR count). The normalized spacial score (nSPS) is 26.0. The van der Waals surface area contributed by atoms with Gasteiger partial charge < -0.3 is 15.2 Å². The summed E-state index contributed by atoms with van der Waals surface area (Å²) in [7, 11) is 0. The summed E-state index contributed by atoms with van der Waals surface area (Å²) in [6.45, 7) is 1.19. The molecule has 0 aromatic heterocycles. The minimum absolute atomic E-state index is 0.0533. The number of hydrogen-bond acceptors (Lipinski definition) is 4. The molecule has 6 heteroatoms. The summed E-state index contributed by atoms with van der Waals surface area (Å²) in [4.78, 5) is 25.9. The number of ether oxygens (including phenoxy) is 1.